The number of aryl methyl sites for hydroxylation is 2. The average molecular weight is 234 g/mol. The van der Waals surface area contributed by atoms with E-state index in [4.69, 9.17) is 5.11 Å². The van der Waals surface area contributed by atoms with E-state index in [2.05, 4.69) is 16.7 Å². The third-order valence-corrected chi connectivity index (χ3v) is 2.98. The summed E-state index contributed by atoms with van der Waals surface area (Å²) in [5.41, 5.74) is 3.58. The van der Waals surface area contributed by atoms with Crippen molar-refractivity contribution in [2.75, 3.05) is 18.5 Å². The van der Waals surface area contributed by atoms with Gasteiger partial charge in [0.05, 0.1) is 0 Å². The fraction of sp³-hybridized carbons (Fsp3) is 0.462. The Morgan fingerprint density at radius 2 is 2.12 bits per heavy atom. The van der Waals surface area contributed by atoms with Gasteiger partial charge in [0.25, 0.3) is 0 Å². The summed E-state index contributed by atoms with van der Waals surface area (Å²) in [6.45, 7) is 0.590. The van der Waals surface area contributed by atoms with E-state index in [-0.39, 0.29) is 12.6 Å². The van der Waals surface area contributed by atoms with Crippen molar-refractivity contribution in [3.05, 3.63) is 29.3 Å². The zero-order valence-electron chi connectivity index (χ0n) is 9.83. The van der Waals surface area contributed by atoms with Crippen molar-refractivity contribution in [2.24, 2.45) is 0 Å². The predicted octanol–water partition coefficient (Wildman–Crippen LogP) is 1.68. The molecule has 92 valence electrons. The van der Waals surface area contributed by atoms with Gasteiger partial charge in [-0.25, -0.2) is 4.79 Å². The molecule has 4 nitrogen and oxygen atoms in total. The number of fused-ring (bicyclic) bond motifs is 1. The first-order valence-corrected chi connectivity index (χ1v) is 6.07. The lowest BCUT2D eigenvalue weighted by molar-refractivity contribution is 0.249. The van der Waals surface area contributed by atoms with Crippen LogP contribution in [-0.2, 0) is 12.8 Å². The smallest absolute Gasteiger partial charge is 0.319 e. The molecule has 0 aliphatic heterocycles. The van der Waals surface area contributed by atoms with Gasteiger partial charge in [0.2, 0.25) is 0 Å². The van der Waals surface area contributed by atoms with Crippen LogP contribution < -0.4 is 10.6 Å². The van der Waals surface area contributed by atoms with Crippen LogP contribution in [0.2, 0.25) is 0 Å². The summed E-state index contributed by atoms with van der Waals surface area (Å²) in [4.78, 5) is 11.5. The van der Waals surface area contributed by atoms with Crippen LogP contribution in [0.25, 0.3) is 0 Å². The van der Waals surface area contributed by atoms with Crippen molar-refractivity contribution in [1.29, 1.82) is 0 Å². The van der Waals surface area contributed by atoms with Gasteiger partial charge in [-0.05, 0) is 48.9 Å². The van der Waals surface area contributed by atoms with E-state index in [0.717, 1.165) is 18.5 Å². The van der Waals surface area contributed by atoms with Crippen molar-refractivity contribution < 1.29 is 9.90 Å². The predicted molar refractivity (Wildman–Crippen MR) is 67.2 cm³/mol. The number of hydrogen-bond donors (Lipinski definition) is 3. The number of benzene rings is 1. The second-order valence-electron chi connectivity index (χ2n) is 4.30. The summed E-state index contributed by atoms with van der Waals surface area (Å²) in [6.07, 6.45) is 4.05. The van der Waals surface area contributed by atoms with Gasteiger partial charge in [-0.2, -0.15) is 0 Å². The first-order chi connectivity index (χ1) is 8.29. The van der Waals surface area contributed by atoms with E-state index in [9.17, 15) is 4.79 Å². The van der Waals surface area contributed by atoms with E-state index in [1.54, 1.807) is 0 Å². The molecule has 0 aromatic heterocycles. The molecule has 0 atom stereocenters. The monoisotopic (exact) mass is 234 g/mol. The molecule has 4 heteroatoms. The molecule has 2 rings (SSSR count). The first kappa shape index (κ1) is 11.9. The van der Waals surface area contributed by atoms with Gasteiger partial charge in [0.1, 0.15) is 0 Å². The number of nitrogens with one attached hydrogen (secondary N) is 2. The molecule has 0 heterocycles. The summed E-state index contributed by atoms with van der Waals surface area (Å²) >= 11 is 0. The minimum absolute atomic E-state index is 0.0964. The SMILES string of the molecule is O=C(NCCCO)Nc1ccc2c(c1)CCC2. The maximum absolute atomic E-state index is 11.5. The fourth-order valence-electron chi connectivity index (χ4n) is 2.11. The summed E-state index contributed by atoms with van der Waals surface area (Å²) in [5.74, 6) is 0. The van der Waals surface area contributed by atoms with Gasteiger partial charge in [0.15, 0.2) is 0 Å². The van der Waals surface area contributed by atoms with Gasteiger partial charge >= 0.3 is 6.03 Å². The molecule has 17 heavy (non-hydrogen) atoms. The third kappa shape index (κ3) is 3.20. The Hall–Kier alpha value is -1.55. The number of amides is 2. The van der Waals surface area contributed by atoms with Crippen molar-refractivity contribution in [3.8, 4) is 0 Å². The molecule has 0 radical (unpaired) electrons. The van der Waals surface area contributed by atoms with Gasteiger partial charge in [-0.3, -0.25) is 0 Å². The number of carbonyl (C=O) groups excluding carboxylic acids is 1. The molecule has 2 amide bonds. The van der Waals surface area contributed by atoms with Crippen molar-refractivity contribution in [1.82, 2.24) is 5.32 Å². The number of urea groups is 1. The van der Waals surface area contributed by atoms with Crippen LogP contribution in [0.5, 0.6) is 0 Å². The molecular weight excluding hydrogens is 216 g/mol. The molecule has 0 saturated carbocycles. The van der Waals surface area contributed by atoms with E-state index in [1.165, 1.54) is 17.5 Å². The molecule has 0 saturated heterocycles. The molecule has 1 aromatic carbocycles. The second kappa shape index (κ2) is 5.68. The topological polar surface area (TPSA) is 61.4 Å². The highest BCUT2D eigenvalue weighted by molar-refractivity contribution is 5.89. The van der Waals surface area contributed by atoms with Gasteiger partial charge < -0.3 is 15.7 Å². The lowest BCUT2D eigenvalue weighted by Crippen LogP contribution is -2.29. The maximum Gasteiger partial charge on any atom is 0.319 e. The van der Waals surface area contributed by atoms with Crippen LogP contribution in [0, 0.1) is 0 Å². The summed E-state index contributed by atoms with van der Waals surface area (Å²) < 4.78 is 0. The van der Waals surface area contributed by atoms with Gasteiger partial charge in [-0.15, -0.1) is 0 Å². The highest BCUT2D eigenvalue weighted by Crippen LogP contribution is 2.24. The Morgan fingerprint density at radius 3 is 2.94 bits per heavy atom. The average Bonchev–Trinajstić information content (AvgIpc) is 2.76. The Morgan fingerprint density at radius 1 is 1.29 bits per heavy atom. The molecule has 0 spiro atoms. The van der Waals surface area contributed by atoms with E-state index in [0.29, 0.717) is 13.0 Å². The quantitative estimate of drug-likeness (QED) is 0.694. The van der Waals surface area contributed by atoms with Crippen LogP contribution in [0.1, 0.15) is 24.0 Å². The normalized spacial score (nSPS) is 13.2. The number of aliphatic hydroxyl groups is 1. The highest BCUT2D eigenvalue weighted by Gasteiger charge is 2.11. The van der Waals surface area contributed by atoms with Crippen LogP contribution in [-0.4, -0.2) is 24.3 Å². The van der Waals surface area contributed by atoms with Crippen LogP contribution in [0.15, 0.2) is 18.2 Å². The Kier molecular flexibility index (Phi) is 3.98. The Labute approximate surface area is 101 Å². The summed E-state index contributed by atoms with van der Waals surface area (Å²) in [6, 6.07) is 5.87. The highest BCUT2D eigenvalue weighted by atomic mass is 16.3. The number of aliphatic hydroxyl groups excluding tert-OH is 1. The van der Waals surface area contributed by atoms with Crippen molar-refractivity contribution in [2.45, 2.75) is 25.7 Å². The van der Waals surface area contributed by atoms with Crippen LogP contribution >= 0.6 is 0 Å². The molecule has 0 unspecified atom stereocenters. The molecule has 3 N–H and O–H groups in total. The molecular formula is C13H18N2O2. The lowest BCUT2D eigenvalue weighted by atomic mass is 10.1. The van der Waals surface area contributed by atoms with E-state index < -0.39 is 0 Å². The van der Waals surface area contributed by atoms with E-state index >= 15 is 0 Å². The molecule has 0 fully saturated rings. The zero-order chi connectivity index (χ0) is 12.1. The van der Waals surface area contributed by atoms with E-state index in [1.807, 2.05) is 12.1 Å². The molecule has 1 aliphatic rings. The largest absolute Gasteiger partial charge is 0.396 e. The Bertz CT molecular complexity index is 404. The summed E-state index contributed by atoms with van der Waals surface area (Å²) in [5, 5.41) is 14.1. The van der Waals surface area contributed by atoms with Gasteiger partial charge in [0, 0.05) is 18.8 Å². The standard InChI is InChI=1S/C13H18N2O2/c16-8-2-7-14-13(17)15-12-6-5-10-3-1-4-11(10)9-12/h5-6,9,16H,1-4,7-8H2,(H2,14,15,17). The zero-order valence-corrected chi connectivity index (χ0v) is 9.83. The second-order valence-corrected chi connectivity index (χ2v) is 4.30. The number of carbonyl (C=O) groups is 1. The molecule has 1 aromatic rings. The minimum Gasteiger partial charge on any atom is -0.396 e. The molecule has 0 bridgehead atoms. The fourth-order valence-corrected chi connectivity index (χ4v) is 2.11. The van der Waals surface area contributed by atoms with Crippen molar-refractivity contribution >= 4 is 11.7 Å². The Balaban J connectivity index is 1.88. The third-order valence-electron chi connectivity index (χ3n) is 2.98. The van der Waals surface area contributed by atoms with Crippen LogP contribution in [0.4, 0.5) is 10.5 Å². The van der Waals surface area contributed by atoms with Crippen molar-refractivity contribution in [3.63, 3.8) is 0 Å². The summed E-state index contributed by atoms with van der Waals surface area (Å²) in [7, 11) is 0. The van der Waals surface area contributed by atoms with Crippen LogP contribution in [0.3, 0.4) is 0 Å². The molecule has 1 aliphatic carbocycles. The number of hydrogen-bond acceptors (Lipinski definition) is 2. The lowest BCUT2D eigenvalue weighted by Gasteiger charge is -2.08. The maximum atomic E-state index is 11.5. The first-order valence-electron chi connectivity index (χ1n) is 6.07. The minimum atomic E-state index is -0.212. The number of anilines is 1. The number of rotatable bonds is 4. The van der Waals surface area contributed by atoms with Gasteiger partial charge in [-0.1, -0.05) is 6.07 Å².